The number of hydrogen-bond donors (Lipinski definition) is 2. The molecule has 4 rings (SSSR count). The maximum atomic E-state index is 12.7. The highest BCUT2D eigenvalue weighted by Gasteiger charge is 2.52. The molecule has 1 aromatic carbocycles. The van der Waals surface area contributed by atoms with Crippen molar-refractivity contribution < 1.29 is 18.8 Å². The van der Waals surface area contributed by atoms with Gasteiger partial charge in [-0.1, -0.05) is 6.07 Å². The van der Waals surface area contributed by atoms with E-state index in [-0.39, 0.29) is 28.4 Å². The third kappa shape index (κ3) is 3.32. The number of anilines is 2. The summed E-state index contributed by atoms with van der Waals surface area (Å²) in [6, 6.07) is 9.61. The van der Waals surface area contributed by atoms with Gasteiger partial charge in [-0.15, -0.1) is 11.8 Å². The molecule has 2 N–H and O–H groups in total. The number of fused-ring (bicyclic) bond motifs is 1. The molecule has 0 aliphatic carbocycles. The summed E-state index contributed by atoms with van der Waals surface area (Å²) in [5.41, 5.74) is 1.10. The van der Waals surface area contributed by atoms with E-state index in [1.165, 1.54) is 6.26 Å². The highest BCUT2D eigenvalue weighted by atomic mass is 32.2. The fraction of sp³-hybridized carbons (Fsp3) is 0.316. The van der Waals surface area contributed by atoms with Crippen LogP contribution in [0, 0.1) is 0 Å². The topological polar surface area (TPSA) is 91.7 Å². The van der Waals surface area contributed by atoms with E-state index in [0.717, 1.165) is 6.42 Å². The van der Waals surface area contributed by atoms with Gasteiger partial charge in [-0.3, -0.25) is 14.4 Å². The second-order valence-electron chi connectivity index (χ2n) is 6.77. The first kappa shape index (κ1) is 17.7. The largest absolute Gasteiger partial charge is 0.459 e. The Labute approximate surface area is 160 Å². The quantitative estimate of drug-likeness (QED) is 0.844. The number of carbonyl (C=O) groups excluding carboxylic acids is 3. The van der Waals surface area contributed by atoms with E-state index < -0.39 is 6.04 Å². The van der Waals surface area contributed by atoms with E-state index in [9.17, 15) is 14.4 Å². The van der Waals surface area contributed by atoms with E-state index in [4.69, 9.17) is 4.42 Å². The first-order valence-corrected chi connectivity index (χ1v) is 9.67. The maximum absolute atomic E-state index is 12.7. The van der Waals surface area contributed by atoms with Crippen molar-refractivity contribution in [2.75, 3.05) is 16.4 Å². The normalized spacial score (nSPS) is 24.0. The van der Waals surface area contributed by atoms with Gasteiger partial charge in [0.15, 0.2) is 5.76 Å². The zero-order valence-corrected chi connectivity index (χ0v) is 15.5. The van der Waals surface area contributed by atoms with E-state index in [2.05, 4.69) is 10.6 Å². The van der Waals surface area contributed by atoms with Crippen molar-refractivity contribution in [1.82, 2.24) is 4.90 Å². The molecule has 2 fully saturated rings. The Balaban J connectivity index is 1.45. The molecule has 0 bridgehead atoms. The van der Waals surface area contributed by atoms with Gasteiger partial charge in [-0.25, -0.2) is 0 Å². The van der Waals surface area contributed by atoms with Gasteiger partial charge >= 0.3 is 0 Å². The van der Waals surface area contributed by atoms with Gasteiger partial charge in [0.2, 0.25) is 11.8 Å². The summed E-state index contributed by atoms with van der Waals surface area (Å²) < 4.78 is 5.07. The van der Waals surface area contributed by atoms with Crippen LogP contribution in [0.25, 0.3) is 0 Å². The molecule has 2 saturated heterocycles. The molecule has 0 radical (unpaired) electrons. The average Bonchev–Trinajstić information content (AvgIpc) is 3.33. The summed E-state index contributed by atoms with van der Waals surface area (Å²) in [6.07, 6.45) is 2.69. The van der Waals surface area contributed by atoms with Crippen molar-refractivity contribution in [3.05, 3.63) is 48.4 Å². The molecule has 3 amide bonds. The lowest BCUT2D eigenvalue weighted by molar-refractivity contribution is -0.135. The highest BCUT2D eigenvalue weighted by molar-refractivity contribution is 8.01. The minimum Gasteiger partial charge on any atom is -0.459 e. The van der Waals surface area contributed by atoms with Gasteiger partial charge in [0.05, 0.1) is 11.1 Å². The number of thioether (sulfide) groups is 1. The van der Waals surface area contributed by atoms with Crippen molar-refractivity contribution in [2.45, 2.75) is 30.7 Å². The minimum atomic E-state index is -0.476. The van der Waals surface area contributed by atoms with Crippen molar-refractivity contribution in [3.8, 4) is 0 Å². The highest BCUT2D eigenvalue weighted by Crippen LogP contribution is 2.47. The van der Waals surface area contributed by atoms with Gasteiger partial charge in [0.25, 0.3) is 5.91 Å². The molecular weight excluding hydrogens is 366 g/mol. The number of nitrogens with zero attached hydrogens (tertiary/aromatic N) is 1. The summed E-state index contributed by atoms with van der Waals surface area (Å²) >= 11 is 1.65. The number of rotatable bonds is 4. The van der Waals surface area contributed by atoms with Crippen LogP contribution in [0.2, 0.25) is 0 Å². The zero-order valence-electron chi connectivity index (χ0n) is 14.7. The molecule has 2 aliphatic rings. The number of amides is 3. The molecule has 3 heterocycles. The molecule has 7 nitrogen and oxygen atoms in total. The molecule has 27 heavy (non-hydrogen) atoms. The Morgan fingerprint density at radius 2 is 2.00 bits per heavy atom. The molecular formula is C19H19N3O4S. The van der Waals surface area contributed by atoms with E-state index in [1.807, 2.05) is 6.92 Å². The Hall–Kier alpha value is -2.74. The zero-order chi connectivity index (χ0) is 19.0. The number of carbonyl (C=O) groups is 3. The van der Waals surface area contributed by atoms with Crippen molar-refractivity contribution in [3.63, 3.8) is 0 Å². The lowest BCUT2D eigenvalue weighted by Gasteiger charge is -2.29. The van der Waals surface area contributed by atoms with Crippen LogP contribution in [0.3, 0.4) is 0 Å². The number of furan rings is 1. The first-order valence-electron chi connectivity index (χ1n) is 8.68. The molecule has 0 unspecified atom stereocenters. The van der Waals surface area contributed by atoms with E-state index in [0.29, 0.717) is 23.5 Å². The van der Waals surface area contributed by atoms with Gasteiger partial charge in [-0.2, -0.15) is 0 Å². The lowest BCUT2D eigenvalue weighted by Crippen LogP contribution is -2.48. The fourth-order valence-corrected chi connectivity index (χ4v) is 4.95. The third-order valence-electron chi connectivity index (χ3n) is 4.88. The maximum Gasteiger partial charge on any atom is 0.291 e. The first-order chi connectivity index (χ1) is 13.0. The van der Waals surface area contributed by atoms with Crippen molar-refractivity contribution >= 4 is 40.9 Å². The standard InChI is InChI=1S/C19H19N3O4S/c1-19-8-7-16(23)22(19)14(11-27-19)17(24)20-12-4-2-5-13(10-12)21-18(25)15-6-3-9-26-15/h2-6,9-10,14H,7-8,11H2,1H3,(H,20,24)(H,21,25)/t14-,19+/m0/s1. The Kier molecular flexibility index (Phi) is 4.43. The SMILES string of the molecule is C[C@@]12CCC(=O)N1[C@H](C(=O)Nc1cccc(NC(=O)c3ccco3)c1)CS2. The van der Waals surface area contributed by atoms with Crippen LogP contribution < -0.4 is 10.6 Å². The molecule has 2 aromatic rings. The number of hydrogen-bond acceptors (Lipinski definition) is 5. The van der Waals surface area contributed by atoms with Crippen molar-refractivity contribution in [1.29, 1.82) is 0 Å². The summed E-state index contributed by atoms with van der Waals surface area (Å²) in [5.74, 6) is 0.245. The Morgan fingerprint density at radius 3 is 2.74 bits per heavy atom. The Bertz CT molecular complexity index is 898. The van der Waals surface area contributed by atoms with Gasteiger partial charge in [0, 0.05) is 23.5 Å². The second-order valence-corrected chi connectivity index (χ2v) is 8.27. The molecule has 0 saturated carbocycles. The summed E-state index contributed by atoms with van der Waals surface area (Å²) in [5, 5.41) is 5.59. The lowest BCUT2D eigenvalue weighted by atomic mass is 10.2. The van der Waals surface area contributed by atoms with Crippen LogP contribution in [0.5, 0.6) is 0 Å². The third-order valence-corrected chi connectivity index (χ3v) is 6.39. The fourth-order valence-electron chi connectivity index (χ4n) is 3.52. The van der Waals surface area contributed by atoms with Crippen LogP contribution in [-0.4, -0.2) is 39.3 Å². The minimum absolute atomic E-state index is 0.0297. The molecule has 8 heteroatoms. The van der Waals surface area contributed by atoms with Crippen LogP contribution in [0.1, 0.15) is 30.3 Å². The Morgan fingerprint density at radius 1 is 1.22 bits per heavy atom. The van der Waals surface area contributed by atoms with Crippen LogP contribution >= 0.6 is 11.8 Å². The van der Waals surface area contributed by atoms with Crippen LogP contribution in [0.4, 0.5) is 11.4 Å². The smallest absolute Gasteiger partial charge is 0.291 e. The summed E-state index contributed by atoms with van der Waals surface area (Å²) in [6.45, 7) is 2.01. The van der Waals surface area contributed by atoms with Crippen molar-refractivity contribution in [2.24, 2.45) is 0 Å². The molecule has 1 aromatic heterocycles. The predicted molar refractivity (Wildman–Crippen MR) is 102 cm³/mol. The number of nitrogens with one attached hydrogen (secondary N) is 2. The number of benzene rings is 1. The molecule has 140 valence electrons. The molecule has 0 spiro atoms. The van der Waals surface area contributed by atoms with E-state index in [1.54, 1.807) is 53.1 Å². The van der Waals surface area contributed by atoms with Crippen LogP contribution in [-0.2, 0) is 9.59 Å². The summed E-state index contributed by atoms with van der Waals surface area (Å²) in [4.78, 5) is 38.5. The predicted octanol–water partition coefficient (Wildman–Crippen LogP) is 2.92. The second kappa shape index (κ2) is 6.77. The van der Waals surface area contributed by atoms with Crippen LogP contribution in [0.15, 0.2) is 47.1 Å². The average molecular weight is 385 g/mol. The summed E-state index contributed by atoms with van der Waals surface area (Å²) in [7, 11) is 0. The van der Waals surface area contributed by atoms with Gasteiger partial charge in [-0.05, 0) is 43.7 Å². The molecule has 2 atom stereocenters. The van der Waals surface area contributed by atoms with Gasteiger partial charge in [0.1, 0.15) is 6.04 Å². The molecule has 2 aliphatic heterocycles. The monoisotopic (exact) mass is 385 g/mol. The van der Waals surface area contributed by atoms with E-state index >= 15 is 0 Å². The van der Waals surface area contributed by atoms with Gasteiger partial charge < -0.3 is 20.0 Å².